The molecule has 5 nitrogen and oxygen atoms in total. The molecule has 0 saturated carbocycles. The van der Waals surface area contributed by atoms with E-state index in [1.54, 1.807) is 4.68 Å². The van der Waals surface area contributed by atoms with Gasteiger partial charge in [-0.15, -0.1) is 16.9 Å². The van der Waals surface area contributed by atoms with Crippen LogP contribution in [0.4, 0.5) is 0 Å². The maximum atomic E-state index is 11.8. The van der Waals surface area contributed by atoms with Crippen LogP contribution in [0.15, 0.2) is 54.6 Å². The predicted molar refractivity (Wildman–Crippen MR) is 86.2 cm³/mol. The number of thioether (sulfide) groups is 1. The SMILES string of the molecule is O=C(CSCc1ccccc1)OCn1nnc2ccccc21. The number of hydrogen-bond acceptors (Lipinski definition) is 5. The van der Waals surface area contributed by atoms with E-state index in [4.69, 9.17) is 4.74 Å². The summed E-state index contributed by atoms with van der Waals surface area (Å²) >= 11 is 1.54. The van der Waals surface area contributed by atoms with Gasteiger partial charge in [0.05, 0.1) is 11.3 Å². The minimum absolute atomic E-state index is 0.0885. The van der Waals surface area contributed by atoms with Crippen molar-refractivity contribution in [1.29, 1.82) is 0 Å². The Hall–Kier alpha value is -2.34. The van der Waals surface area contributed by atoms with E-state index in [9.17, 15) is 4.79 Å². The summed E-state index contributed by atoms with van der Waals surface area (Å²) in [5.41, 5.74) is 2.84. The van der Waals surface area contributed by atoms with Gasteiger partial charge >= 0.3 is 5.97 Å². The fraction of sp³-hybridized carbons (Fsp3) is 0.188. The van der Waals surface area contributed by atoms with Crippen LogP contribution in [0, 0.1) is 0 Å². The number of carbonyl (C=O) groups is 1. The monoisotopic (exact) mass is 313 g/mol. The highest BCUT2D eigenvalue weighted by Crippen LogP contribution is 2.13. The van der Waals surface area contributed by atoms with E-state index in [0.717, 1.165) is 16.8 Å². The molecule has 3 aromatic rings. The van der Waals surface area contributed by atoms with Crippen LogP contribution in [0.5, 0.6) is 0 Å². The van der Waals surface area contributed by atoms with Crippen molar-refractivity contribution < 1.29 is 9.53 Å². The van der Waals surface area contributed by atoms with Crippen molar-refractivity contribution in [3.05, 3.63) is 60.2 Å². The van der Waals surface area contributed by atoms with Crippen LogP contribution < -0.4 is 0 Å². The van der Waals surface area contributed by atoms with Gasteiger partial charge in [-0.2, -0.15) is 0 Å². The smallest absolute Gasteiger partial charge is 0.317 e. The number of fused-ring (bicyclic) bond motifs is 1. The van der Waals surface area contributed by atoms with E-state index >= 15 is 0 Å². The standard InChI is InChI=1S/C16H15N3O2S/c20-16(11-22-10-13-6-2-1-3-7-13)21-12-19-15-9-5-4-8-14(15)17-18-19/h1-9H,10-12H2. The van der Waals surface area contributed by atoms with Crippen LogP contribution in [-0.4, -0.2) is 26.7 Å². The highest BCUT2D eigenvalue weighted by atomic mass is 32.2. The van der Waals surface area contributed by atoms with Crippen LogP contribution in [0.2, 0.25) is 0 Å². The molecule has 0 aliphatic rings. The van der Waals surface area contributed by atoms with Crippen LogP contribution in [0.3, 0.4) is 0 Å². The number of rotatable bonds is 6. The molecule has 0 radical (unpaired) electrons. The van der Waals surface area contributed by atoms with Crippen molar-refractivity contribution in [3.63, 3.8) is 0 Å². The van der Waals surface area contributed by atoms with E-state index < -0.39 is 0 Å². The van der Waals surface area contributed by atoms with Gasteiger partial charge in [-0.1, -0.05) is 47.7 Å². The van der Waals surface area contributed by atoms with Gasteiger partial charge in [-0.3, -0.25) is 4.79 Å². The van der Waals surface area contributed by atoms with Gasteiger partial charge in [0.2, 0.25) is 0 Å². The van der Waals surface area contributed by atoms with Gasteiger partial charge in [0, 0.05) is 5.75 Å². The van der Waals surface area contributed by atoms with Crippen LogP contribution in [0.1, 0.15) is 5.56 Å². The van der Waals surface area contributed by atoms with Gasteiger partial charge in [-0.25, -0.2) is 4.68 Å². The molecule has 0 saturated heterocycles. The minimum atomic E-state index is -0.250. The Bertz CT molecular complexity index is 758. The molecule has 3 rings (SSSR count). The van der Waals surface area contributed by atoms with Crippen LogP contribution in [0.25, 0.3) is 11.0 Å². The zero-order valence-electron chi connectivity index (χ0n) is 11.9. The Kier molecular flexibility index (Phi) is 4.70. The highest BCUT2D eigenvalue weighted by Gasteiger charge is 2.07. The first kappa shape index (κ1) is 14.6. The Morgan fingerprint density at radius 2 is 1.86 bits per heavy atom. The summed E-state index contributed by atoms with van der Waals surface area (Å²) in [5.74, 6) is 0.865. The zero-order chi connectivity index (χ0) is 15.2. The maximum absolute atomic E-state index is 11.8. The third kappa shape index (κ3) is 3.65. The minimum Gasteiger partial charge on any atom is -0.442 e. The average Bonchev–Trinajstić information content (AvgIpc) is 2.97. The summed E-state index contributed by atoms with van der Waals surface area (Å²) in [6, 6.07) is 17.6. The van der Waals surface area contributed by atoms with E-state index in [0.29, 0.717) is 5.75 Å². The zero-order valence-corrected chi connectivity index (χ0v) is 12.7. The topological polar surface area (TPSA) is 57.0 Å². The molecule has 1 aromatic heterocycles. The quantitative estimate of drug-likeness (QED) is 0.655. The second-order valence-electron chi connectivity index (χ2n) is 4.70. The number of carbonyl (C=O) groups excluding carboxylic acids is 1. The third-order valence-corrected chi connectivity index (χ3v) is 4.08. The molecule has 6 heteroatoms. The fourth-order valence-electron chi connectivity index (χ4n) is 2.01. The molecule has 22 heavy (non-hydrogen) atoms. The van der Waals surface area contributed by atoms with E-state index in [-0.39, 0.29) is 12.7 Å². The molecular formula is C16H15N3O2S. The first-order valence-corrected chi connectivity index (χ1v) is 8.04. The lowest BCUT2D eigenvalue weighted by atomic mass is 10.2. The molecule has 0 unspecified atom stereocenters. The highest BCUT2D eigenvalue weighted by molar-refractivity contribution is 7.99. The summed E-state index contributed by atoms with van der Waals surface area (Å²) in [4.78, 5) is 11.8. The summed E-state index contributed by atoms with van der Waals surface area (Å²) in [7, 11) is 0. The number of ether oxygens (including phenoxy) is 1. The number of aromatic nitrogens is 3. The fourth-order valence-corrected chi connectivity index (χ4v) is 2.79. The maximum Gasteiger partial charge on any atom is 0.317 e. The molecule has 0 spiro atoms. The molecule has 0 amide bonds. The van der Waals surface area contributed by atoms with Crippen molar-refractivity contribution in [2.75, 3.05) is 5.75 Å². The van der Waals surface area contributed by atoms with Crippen molar-refractivity contribution in [2.24, 2.45) is 0 Å². The van der Waals surface area contributed by atoms with Crippen LogP contribution >= 0.6 is 11.8 Å². The second-order valence-corrected chi connectivity index (χ2v) is 5.69. The molecule has 0 N–H and O–H groups in total. The molecule has 0 bridgehead atoms. The molecule has 0 aliphatic heterocycles. The normalized spacial score (nSPS) is 10.7. The molecule has 0 aliphatic carbocycles. The number of hydrogen-bond donors (Lipinski definition) is 0. The molecule has 0 fully saturated rings. The number of esters is 1. The number of para-hydroxylation sites is 1. The molecule has 112 valence electrons. The van der Waals surface area contributed by atoms with Gasteiger partial charge in [0.15, 0.2) is 6.73 Å². The molecular weight excluding hydrogens is 298 g/mol. The van der Waals surface area contributed by atoms with Crippen molar-refractivity contribution in [1.82, 2.24) is 15.0 Å². The van der Waals surface area contributed by atoms with Gasteiger partial charge in [0.1, 0.15) is 5.52 Å². The number of benzene rings is 2. The Morgan fingerprint density at radius 1 is 1.09 bits per heavy atom. The lowest BCUT2D eigenvalue weighted by Crippen LogP contribution is -2.12. The Morgan fingerprint density at radius 3 is 2.73 bits per heavy atom. The van der Waals surface area contributed by atoms with Gasteiger partial charge in [-0.05, 0) is 17.7 Å². The first-order chi connectivity index (χ1) is 10.8. The van der Waals surface area contributed by atoms with E-state index in [2.05, 4.69) is 10.3 Å². The van der Waals surface area contributed by atoms with E-state index in [1.807, 2.05) is 54.6 Å². The lowest BCUT2D eigenvalue weighted by molar-refractivity contribution is -0.144. The third-order valence-electron chi connectivity index (χ3n) is 3.10. The summed E-state index contributed by atoms with van der Waals surface area (Å²) < 4.78 is 6.81. The van der Waals surface area contributed by atoms with Gasteiger partial charge in [0.25, 0.3) is 0 Å². The summed E-state index contributed by atoms with van der Waals surface area (Å²) in [5, 5.41) is 7.99. The van der Waals surface area contributed by atoms with E-state index in [1.165, 1.54) is 17.3 Å². The summed E-state index contributed by atoms with van der Waals surface area (Å²) in [6.45, 7) is 0.0885. The summed E-state index contributed by atoms with van der Waals surface area (Å²) in [6.07, 6.45) is 0. The van der Waals surface area contributed by atoms with Gasteiger partial charge < -0.3 is 4.74 Å². The van der Waals surface area contributed by atoms with Crippen molar-refractivity contribution in [3.8, 4) is 0 Å². The van der Waals surface area contributed by atoms with Crippen LogP contribution in [-0.2, 0) is 22.0 Å². The van der Waals surface area contributed by atoms with Crippen molar-refractivity contribution in [2.45, 2.75) is 12.5 Å². The molecule has 1 heterocycles. The van der Waals surface area contributed by atoms with Crippen molar-refractivity contribution >= 4 is 28.8 Å². The Balaban J connectivity index is 1.46. The largest absolute Gasteiger partial charge is 0.442 e. The second kappa shape index (κ2) is 7.09. The number of nitrogens with zero attached hydrogens (tertiary/aromatic N) is 3. The first-order valence-electron chi connectivity index (χ1n) is 6.88. The Labute approximate surface area is 132 Å². The molecule has 2 aromatic carbocycles. The predicted octanol–water partition coefficient (Wildman–Crippen LogP) is 2.87. The molecule has 0 atom stereocenters. The lowest BCUT2D eigenvalue weighted by Gasteiger charge is -2.05. The average molecular weight is 313 g/mol.